The first-order chi connectivity index (χ1) is 13.6. The second-order valence-electron chi connectivity index (χ2n) is 6.45. The number of benzene rings is 1. The Morgan fingerprint density at radius 2 is 2.14 bits per heavy atom. The molecule has 28 heavy (non-hydrogen) atoms. The van der Waals surface area contributed by atoms with Gasteiger partial charge in [-0.05, 0) is 17.6 Å². The van der Waals surface area contributed by atoms with E-state index in [9.17, 15) is 4.79 Å². The van der Waals surface area contributed by atoms with Crippen molar-refractivity contribution >= 4 is 12.2 Å². The topological polar surface area (TPSA) is 107 Å². The molecule has 8 nitrogen and oxygen atoms in total. The van der Waals surface area contributed by atoms with Gasteiger partial charge >= 0.3 is 5.97 Å². The number of rotatable bonds is 8. The minimum Gasteiger partial charge on any atom is -0.471 e. The highest BCUT2D eigenvalue weighted by atomic mass is 16.7. The molecule has 1 heterocycles. The summed E-state index contributed by atoms with van der Waals surface area (Å²) in [5, 5.41) is 21.4. The van der Waals surface area contributed by atoms with Gasteiger partial charge in [0.25, 0.3) is 0 Å². The van der Waals surface area contributed by atoms with Crippen LogP contribution in [-0.2, 0) is 30.4 Å². The van der Waals surface area contributed by atoms with Crippen LogP contribution in [0.15, 0.2) is 59.0 Å². The van der Waals surface area contributed by atoms with E-state index in [1.807, 2.05) is 36.4 Å². The zero-order valence-corrected chi connectivity index (χ0v) is 15.4. The molecule has 0 fully saturated rings. The average Bonchev–Trinajstić information content (AvgIpc) is 3.14. The van der Waals surface area contributed by atoms with E-state index < -0.39 is 18.5 Å². The molecule has 1 aromatic rings. The van der Waals surface area contributed by atoms with Crippen molar-refractivity contribution in [2.24, 2.45) is 17.0 Å². The Morgan fingerprint density at radius 3 is 2.86 bits per heavy atom. The van der Waals surface area contributed by atoms with Crippen LogP contribution in [-0.4, -0.2) is 48.7 Å². The second-order valence-corrected chi connectivity index (χ2v) is 6.45. The van der Waals surface area contributed by atoms with Crippen molar-refractivity contribution < 1.29 is 34.1 Å². The van der Waals surface area contributed by atoms with Crippen LogP contribution in [0.3, 0.4) is 0 Å². The zero-order valence-electron chi connectivity index (χ0n) is 15.4. The number of hydrogen-bond donors (Lipinski definition) is 2. The van der Waals surface area contributed by atoms with E-state index >= 15 is 0 Å². The summed E-state index contributed by atoms with van der Waals surface area (Å²) in [6.45, 7) is 0.0172. The van der Waals surface area contributed by atoms with Gasteiger partial charge in [-0.3, -0.25) is 0 Å². The first kappa shape index (κ1) is 20.1. The highest BCUT2D eigenvalue weighted by Crippen LogP contribution is 2.43. The Kier molecular flexibility index (Phi) is 6.80. The zero-order chi connectivity index (χ0) is 19.9. The Morgan fingerprint density at radius 1 is 1.36 bits per heavy atom. The number of allylic oxidation sites excluding steroid dienone is 1. The van der Waals surface area contributed by atoms with Gasteiger partial charge < -0.3 is 29.3 Å². The van der Waals surface area contributed by atoms with Gasteiger partial charge in [0.1, 0.15) is 0 Å². The standard InChI is InChI=1S/C20H23NO7/c1-25-19(24)16-11-27-20(26-10-13-5-3-2-4-6-13)18-14(7-8-15(16)18)9-21-28-12-17(22)23/h2-7,9,11,15,17-18,20,22-23H,8,10,12H2,1H3. The fourth-order valence-electron chi connectivity index (χ4n) is 3.32. The lowest BCUT2D eigenvalue weighted by molar-refractivity contribution is -0.159. The van der Waals surface area contributed by atoms with E-state index in [-0.39, 0.29) is 18.4 Å². The first-order valence-corrected chi connectivity index (χ1v) is 8.91. The molecule has 3 atom stereocenters. The van der Waals surface area contributed by atoms with Gasteiger partial charge in [0.15, 0.2) is 12.9 Å². The summed E-state index contributed by atoms with van der Waals surface area (Å²) in [5.74, 6) is -0.871. The predicted octanol–water partition coefficient (Wildman–Crippen LogP) is 1.49. The summed E-state index contributed by atoms with van der Waals surface area (Å²) in [6, 6.07) is 9.70. The smallest absolute Gasteiger partial charge is 0.337 e. The van der Waals surface area contributed by atoms with Crippen LogP contribution < -0.4 is 0 Å². The van der Waals surface area contributed by atoms with Crippen molar-refractivity contribution in [3.8, 4) is 0 Å². The predicted molar refractivity (Wildman–Crippen MR) is 98.6 cm³/mol. The molecule has 2 N–H and O–H groups in total. The minimum atomic E-state index is -1.60. The molecular formula is C20H23NO7. The third-order valence-corrected chi connectivity index (χ3v) is 4.63. The molecule has 3 rings (SSSR count). The lowest BCUT2D eigenvalue weighted by Gasteiger charge is -2.34. The molecule has 1 aromatic carbocycles. The van der Waals surface area contributed by atoms with E-state index in [1.165, 1.54) is 19.6 Å². The van der Waals surface area contributed by atoms with Crippen molar-refractivity contribution in [2.45, 2.75) is 25.6 Å². The van der Waals surface area contributed by atoms with Crippen molar-refractivity contribution in [2.75, 3.05) is 13.7 Å². The molecule has 2 aliphatic rings. The summed E-state index contributed by atoms with van der Waals surface area (Å²) in [7, 11) is 1.33. The Labute approximate surface area is 162 Å². The fourth-order valence-corrected chi connectivity index (χ4v) is 3.32. The third-order valence-electron chi connectivity index (χ3n) is 4.63. The number of esters is 1. The molecule has 3 unspecified atom stereocenters. The highest BCUT2D eigenvalue weighted by molar-refractivity contribution is 5.90. The average molecular weight is 389 g/mol. The molecule has 1 aliphatic carbocycles. The number of carbonyl (C=O) groups is 1. The van der Waals surface area contributed by atoms with Crippen molar-refractivity contribution in [3.05, 3.63) is 59.4 Å². The van der Waals surface area contributed by atoms with Gasteiger partial charge in [-0.15, -0.1) is 0 Å². The van der Waals surface area contributed by atoms with Crippen LogP contribution >= 0.6 is 0 Å². The Bertz CT molecular complexity index is 757. The first-order valence-electron chi connectivity index (χ1n) is 8.91. The molecule has 0 saturated carbocycles. The van der Waals surface area contributed by atoms with E-state index in [1.54, 1.807) is 0 Å². The molecule has 8 heteroatoms. The molecule has 0 aromatic heterocycles. The van der Waals surface area contributed by atoms with Gasteiger partial charge in [0.05, 0.1) is 37.7 Å². The summed E-state index contributed by atoms with van der Waals surface area (Å²) < 4.78 is 16.6. The number of oxime groups is 1. The summed E-state index contributed by atoms with van der Waals surface area (Å²) in [6.07, 6.45) is 3.22. The van der Waals surface area contributed by atoms with Crippen LogP contribution in [0.2, 0.25) is 0 Å². The van der Waals surface area contributed by atoms with Gasteiger partial charge in [-0.1, -0.05) is 41.6 Å². The monoisotopic (exact) mass is 389 g/mol. The van der Waals surface area contributed by atoms with Crippen LogP contribution in [0.4, 0.5) is 0 Å². The van der Waals surface area contributed by atoms with Crippen LogP contribution in [0.25, 0.3) is 0 Å². The number of nitrogens with zero attached hydrogens (tertiary/aromatic N) is 1. The van der Waals surface area contributed by atoms with Crippen LogP contribution in [0.1, 0.15) is 12.0 Å². The van der Waals surface area contributed by atoms with Gasteiger partial charge in [-0.2, -0.15) is 0 Å². The molecule has 0 radical (unpaired) electrons. The minimum absolute atomic E-state index is 0.160. The summed E-state index contributed by atoms with van der Waals surface area (Å²) >= 11 is 0. The highest BCUT2D eigenvalue weighted by Gasteiger charge is 2.44. The van der Waals surface area contributed by atoms with Crippen molar-refractivity contribution in [1.82, 2.24) is 0 Å². The van der Waals surface area contributed by atoms with E-state index in [2.05, 4.69) is 5.16 Å². The lowest BCUT2D eigenvalue weighted by atomic mass is 9.83. The maximum atomic E-state index is 12.1. The van der Waals surface area contributed by atoms with Crippen molar-refractivity contribution in [3.63, 3.8) is 0 Å². The molecule has 150 valence electrons. The second kappa shape index (κ2) is 9.50. The maximum Gasteiger partial charge on any atom is 0.337 e. The van der Waals surface area contributed by atoms with E-state index in [0.29, 0.717) is 18.6 Å². The molecule has 1 aliphatic heterocycles. The Balaban J connectivity index is 1.74. The third kappa shape index (κ3) is 4.78. The molecule has 0 bridgehead atoms. The maximum absolute atomic E-state index is 12.1. The van der Waals surface area contributed by atoms with Gasteiger partial charge in [-0.25, -0.2) is 4.79 Å². The number of aliphatic hydroxyl groups excluding tert-OH is 1. The number of fused-ring (bicyclic) bond motifs is 1. The molecule has 0 amide bonds. The molecule has 0 saturated heterocycles. The van der Waals surface area contributed by atoms with Crippen molar-refractivity contribution in [1.29, 1.82) is 0 Å². The number of ether oxygens (including phenoxy) is 3. The van der Waals surface area contributed by atoms with Gasteiger partial charge in [0.2, 0.25) is 6.29 Å². The summed E-state index contributed by atoms with van der Waals surface area (Å²) in [4.78, 5) is 16.9. The number of methoxy groups -OCH3 is 1. The number of carbonyl (C=O) groups excluding carboxylic acids is 1. The van der Waals surface area contributed by atoms with Gasteiger partial charge in [0, 0.05) is 5.92 Å². The molecular weight excluding hydrogens is 366 g/mol. The number of aliphatic hydroxyl groups is 2. The largest absolute Gasteiger partial charge is 0.471 e. The van der Waals surface area contributed by atoms with Crippen LogP contribution in [0.5, 0.6) is 0 Å². The van der Waals surface area contributed by atoms with E-state index in [0.717, 1.165) is 11.1 Å². The fraction of sp³-hybridized carbons (Fsp3) is 0.400. The Hall–Kier alpha value is -2.68. The van der Waals surface area contributed by atoms with Crippen LogP contribution in [0, 0.1) is 11.8 Å². The number of hydrogen-bond acceptors (Lipinski definition) is 8. The summed E-state index contributed by atoms with van der Waals surface area (Å²) in [5.41, 5.74) is 2.23. The SMILES string of the molecule is COC(=O)C1=COC(OCc2ccccc2)C2C(C=NOCC(O)O)=CCC12. The normalized spacial score (nSPS) is 23.8. The molecule has 0 spiro atoms. The quantitative estimate of drug-likeness (QED) is 0.300. The lowest BCUT2D eigenvalue weighted by Crippen LogP contribution is -2.37. The van der Waals surface area contributed by atoms with E-state index in [4.69, 9.17) is 29.3 Å².